The molecule has 0 saturated carbocycles. The number of nitrogens with one attached hydrogen (secondary N) is 1. The number of aryl methyl sites for hydroxylation is 1. The molecular formula is C17H19NO2. The second-order valence-electron chi connectivity index (χ2n) is 5.00. The minimum Gasteiger partial charge on any atom is -0.497 e. The first-order valence-corrected chi connectivity index (χ1v) is 6.90. The van der Waals surface area contributed by atoms with Gasteiger partial charge in [0.1, 0.15) is 11.5 Å². The van der Waals surface area contributed by atoms with Crippen LogP contribution in [0.5, 0.6) is 11.5 Å². The fraction of sp³-hybridized carbons (Fsp3) is 0.294. The Labute approximate surface area is 119 Å². The van der Waals surface area contributed by atoms with E-state index in [-0.39, 0.29) is 0 Å². The van der Waals surface area contributed by atoms with Crippen molar-refractivity contribution in [2.24, 2.45) is 0 Å². The normalized spacial score (nSPS) is 13.3. The molecule has 104 valence electrons. The van der Waals surface area contributed by atoms with Crippen molar-refractivity contribution in [3.05, 3.63) is 42.0 Å². The van der Waals surface area contributed by atoms with Crippen LogP contribution < -0.4 is 14.8 Å². The summed E-state index contributed by atoms with van der Waals surface area (Å²) in [6.07, 6.45) is 2.36. The van der Waals surface area contributed by atoms with Gasteiger partial charge in [0.2, 0.25) is 0 Å². The van der Waals surface area contributed by atoms with Gasteiger partial charge in [-0.3, -0.25) is 0 Å². The molecule has 0 aromatic heterocycles. The number of ether oxygens (including phenoxy) is 2. The molecule has 0 bridgehead atoms. The minimum atomic E-state index is 0.810. The van der Waals surface area contributed by atoms with Crippen LogP contribution in [0.3, 0.4) is 0 Å². The highest BCUT2D eigenvalue weighted by Gasteiger charge is 2.10. The number of fused-ring (bicyclic) bond motifs is 1. The van der Waals surface area contributed by atoms with Crippen LogP contribution in [-0.4, -0.2) is 20.8 Å². The maximum absolute atomic E-state index is 5.34. The Balaban J connectivity index is 2.03. The maximum atomic E-state index is 5.34. The van der Waals surface area contributed by atoms with Gasteiger partial charge in [0.05, 0.1) is 14.2 Å². The molecule has 20 heavy (non-hydrogen) atoms. The van der Waals surface area contributed by atoms with Gasteiger partial charge >= 0.3 is 0 Å². The lowest BCUT2D eigenvalue weighted by Crippen LogP contribution is -2.11. The Morgan fingerprint density at radius 1 is 0.900 bits per heavy atom. The van der Waals surface area contributed by atoms with Crippen molar-refractivity contribution in [2.45, 2.75) is 12.8 Å². The van der Waals surface area contributed by atoms with E-state index in [2.05, 4.69) is 23.5 Å². The van der Waals surface area contributed by atoms with E-state index in [1.54, 1.807) is 14.2 Å². The second-order valence-corrected chi connectivity index (χ2v) is 5.00. The quantitative estimate of drug-likeness (QED) is 0.921. The standard InChI is InChI=1S/C17H19NO2/c1-19-15-8-14(9-16(11-15)20-2)13-6-5-12-4-3-7-18-17(12)10-13/h5-6,8-11,18H,3-4,7H2,1-2H3. The lowest BCUT2D eigenvalue weighted by atomic mass is 9.97. The third kappa shape index (κ3) is 2.44. The molecule has 0 fully saturated rings. The molecule has 3 heteroatoms. The Morgan fingerprint density at radius 2 is 1.65 bits per heavy atom. The highest BCUT2D eigenvalue weighted by molar-refractivity contribution is 5.72. The van der Waals surface area contributed by atoms with Crippen molar-refractivity contribution < 1.29 is 9.47 Å². The number of anilines is 1. The van der Waals surface area contributed by atoms with Crippen LogP contribution in [0.25, 0.3) is 11.1 Å². The van der Waals surface area contributed by atoms with Crippen LogP contribution in [0.15, 0.2) is 36.4 Å². The van der Waals surface area contributed by atoms with Gasteiger partial charge in [0.15, 0.2) is 0 Å². The summed E-state index contributed by atoms with van der Waals surface area (Å²) in [6.45, 7) is 1.05. The summed E-state index contributed by atoms with van der Waals surface area (Å²) in [6, 6.07) is 12.5. The number of rotatable bonds is 3. The summed E-state index contributed by atoms with van der Waals surface area (Å²) in [4.78, 5) is 0. The monoisotopic (exact) mass is 269 g/mol. The molecule has 3 rings (SSSR count). The smallest absolute Gasteiger partial charge is 0.123 e. The van der Waals surface area contributed by atoms with E-state index in [1.807, 2.05) is 18.2 Å². The van der Waals surface area contributed by atoms with Gasteiger partial charge in [-0.2, -0.15) is 0 Å². The van der Waals surface area contributed by atoms with Crippen molar-refractivity contribution in [1.29, 1.82) is 0 Å². The first kappa shape index (κ1) is 12.9. The summed E-state index contributed by atoms with van der Waals surface area (Å²) in [5.41, 5.74) is 4.93. The molecule has 0 saturated heterocycles. The SMILES string of the molecule is COc1cc(OC)cc(-c2ccc3c(c2)NCCC3)c1. The van der Waals surface area contributed by atoms with E-state index < -0.39 is 0 Å². The molecular weight excluding hydrogens is 250 g/mol. The fourth-order valence-electron chi connectivity index (χ4n) is 2.61. The largest absolute Gasteiger partial charge is 0.497 e. The molecule has 2 aromatic rings. The number of hydrogen-bond acceptors (Lipinski definition) is 3. The van der Waals surface area contributed by atoms with E-state index in [0.29, 0.717) is 0 Å². The summed E-state index contributed by atoms with van der Waals surface area (Å²) in [5, 5.41) is 3.47. The highest BCUT2D eigenvalue weighted by Crippen LogP contribution is 2.33. The first-order valence-electron chi connectivity index (χ1n) is 6.90. The predicted molar refractivity (Wildman–Crippen MR) is 81.8 cm³/mol. The zero-order valence-corrected chi connectivity index (χ0v) is 11.9. The summed E-state index contributed by atoms with van der Waals surface area (Å²) in [7, 11) is 3.35. The van der Waals surface area contributed by atoms with E-state index in [9.17, 15) is 0 Å². The molecule has 1 N–H and O–H groups in total. The summed E-state index contributed by atoms with van der Waals surface area (Å²) in [5.74, 6) is 1.62. The number of benzene rings is 2. The van der Waals surface area contributed by atoms with E-state index >= 15 is 0 Å². The van der Waals surface area contributed by atoms with Crippen molar-refractivity contribution >= 4 is 5.69 Å². The Hall–Kier alpha value is -2.16. The molecule has 0 aliphatic carbocycles. The molecule has 0 spiro atoms. The van der Waals surface area contributed by atoms with Crippen LogP contribution in [0.1, 0.15) is 12.0 Å². The average molecular weight is 269 g/mol. The Kier molecular flexibility index (Phi) is 3.50. The Bertz CT molecular complexity index is 600. The van der Waals surface area contributed by atoms with Crippen LogP contribution in [0, 0.1) is 0 Å². The first-order chi connectivity index (χ1) is 9.80. The lowest BCUT2D eigenvalue weighted by molar-refractivity contribution is 0.394. The van der Waals surface area contributed by atoms with Crippen LogP contribution in [0.4, 0.5) is 5.69 Å². The molecule has 2 aromatic carbocycles. The third-order valence-electron chi connectivity index (χ3n) is 3.73. The van der Waals surface area contributed by atoms with Crippen molar-refractivity contribution in [1.82, 2.24) is 0 Å². The van der Waals surface area contributed by atoms with E-state index in [0.717, 1.165) is 30.0 Å². The molecule has 1 aliphatic rings. The van der Waals surface area contributed by atoms with Gasteiger partial charge in [-0.15, -0.1) is 0 Å². The van der Waals surface area contributed by atoms with Gasteiger partial charge < -0.3 is 14.8 Å². The summed E-state index contributed by atoms with van der Waals surface area (Å²) >= 11 is 0. The zero-order valence-electron chi connectivity index (χ0n) is 11.9. The number of hydrogen-bond donors (Lipinski definition) is 1. The molecule has 1 aliphatic heterocycles. The zero-order chi connectivity index (χ0) is 13.9. The molecule has 1 heterocycles. The van der Waals surface area contributed by atoms with Gasteiger partial charge in [-0.25, -0.2) is 0 Å². The molecule has 3 nitrogen and oxygen atoms in total. The number of methoxy groups -OCH3 is 2. The molecule has 0 unspecified atom stereocenters. The summed E-state index contributed by atoms with van der Waals surface area (Å²) < 4.78 is 10.7. The molecule has 0 atom stereocenters. The van der Waals surface area contributed by atoms with Gasteiger partial charge in [-0.1, -0.05) is 12.1 Å². The predicted octanol–water partition coefficient (Wildman–Crippen LogP) is 3.73. The van der Waals surface area contributed by atoms with Crippen LogP contribution in [0.2, 0.25) is 0 Å². The van der Waals surface area contributed by atoms with Gasteiger partial charge in [0, 0.05) is 18.3 Å². The average Bonchev–Trinajstić information content (AvgIpc) is 2.53. The maximum Gasteiger partial charge on any atom is 0.123 e. The molecule has 0 radical (unpaired) electrons. The fourth-order valence-corrected chi connectivity index (χ4v) is 2.61. The van der Waals surface area contributed by atoms with Crippen molar-refractivity contribution in [3.63, 3.8) is 0 Å². The minimum absolute atomic E-state index is 0.810. The molecule has 0 amide bonds. The topological polar surface area (TPSA) is 30.5 Å². The van der Waals surface area contributed by atoms with Crippen LogP contribution >= 0.6 is 0 Å². The van der Waals surface area contributed by atoms with Gasteiger partial charge in [0.25, 0.3) is 0 Å². The second kappa shape index (κ2) is 5.45. The van der Waals surface area contributed by atoms with Gasteiger partial charge in [-0.05, 0) is 47.7 Å². The Morgan fingerprint density at radius 3 is 2.35 bits per heavy atom. The van der Waals surface area contributed by atoms with E-state index in [4.69, 9.17) is 9.47 Å². The van der Waals surface area contributed by atoms with Crippen molar-refractivity contribution in [2.75, 3.05) is 26.1 Å². The third-order valence-corrected chi connectivity index (χ3v) is 3.73. The van der Waals surface area contributed by atoms with Crippen molar-refractivity contribution in [3.8, 4) is 22.6 Å². The highest BCUT2D eigenvalue weighted by atomic mass is 16.5. The lowest BCUT2D eigenvalue weighted by Gasteiger charge is -2.19. The van der Waals surface area contributed by atoms with E-state index in [1.165, 1.54) is 23.2 Å². The van der Waals surface area contributed by atoms with Crippen LogP contribution in [-0.2, 0) is 6.42 Å².